The zero-order chi connectivity index (χ0) is 23.9. The topological polar surface area (TPSA) is 77.2 Å². The largest absolute Gasteiger partial charge is 0.481 e. The number of benzene rings is 3. The van der Waals surface area contributed by atoms with Gasteiger partial charge in [-0.3, -0.25) is 4.79 Å². The Kier molecular flexibility index (Phi) is 7.82. The van der Waals surface area contributed by atoms with Gasteiger partial charge in [0.15, 0.2) is 6.10 Å². The molecule has 4 aromatic rings. The van der Waals surface area contributed by atoms with E-state index in [2.05, 4.69) is 15.5 Å². The van der Waals surface area contributed by atoms with Gasteiger partial charge in [-0.15, -0.1) is 10.2 Å². The minimum absolute atomic E-state index is 0.0890. The van der Waals surface area contributed by atoms with Gasteiger partial charge in [0.05, 0.1) is 11.8 Å². The van der Waals surface area contributed by atoms with E-state index in [1.807, 2.05) is 42.5 Å². The third-order valence-electron chi connectivity index (χ3n) is 4.86. The summed E-state index contributed by atoms with van der Waals surface area (Å²) in [6.07, 6.45) is -0.534. The van der Waals surface area contributed by atoms with E-state index in [1.54, 1.807) is 19.1 Å². The van der Waals surface area contributed by atoms with Crippen molar-refractivity contribution in [1.82, 2.24) is 15.5 Å². The van der Waals surface area contributed by atoms with Crippen LogP contribution in [-0.2, 0) is 4.79 Å². The average molecular weight is 498 g/mol. The van der Waals surface area contributed by atoms with Gasteiger partial charge in [0.1, 0.15) is 11.6 Å². The van der Waals surface area contributed by atoms with Gasteiger partial charge in [0, 0.05) is 5.02 Å². The van der Waals surface area contributed by atoms with E-state index in [4.69, 9.17) is 20.8 Å². The second kappa shape index (κ2) is 11.2. The number of carbonyl (C=O) groups excluding carboxylic acids is 1. The Labute approximate surface area is 205 Å². The van der Waals surface area contributed by atoms with Crippen LogP contribution in [0.4, 0.5) is 4.39 Å². The molecule has 4 rings (SSSR count). The van der Waals surface area contributed by atoms with Crippen LogP contribution in [0, 0.1) is 5.82 Å². The molecule has 34 heavy (non-hydrogen) atoms. The van der Waals surface area contributed by atoms with Gasteiger partial charge < -0.3 is 14.5 Å². The number of carbonyl (C=O) groups is 1. The Morgan fingerprint density at radius 3 is 2.41 bits per heavy atom. The fraction of sp³-hybridized carbons (Fsp3) is 0.160. The van der Waals surface area contributed by atoms with Gasteiger partial charge in [-0.05, 0) is 54.4 Å². The molecule has 0 radical (unpaired) electrons. The van der Waals surface area contributed by atoms with Crippen molar-refractivity contribution < 1.29 is 18.3 Å². The number of hydrogen-bond donors (Lipinski definition) is 1. The number of aromatic nitrogens is 2. The molecule has 1 heterocycles. The first-order valence-corrected chi connectivity index (χ1v) is 11.8. The van der Waals surface area contributed by atoms with Crippen molar-refractivity contribution in [3.05, 3.63) is 107 Å². The van der Waals surface area contributed by atoms with Crippen LogP contribution in [0.15, 0.2) is 88.5 Å². The van der Waals surface area contributed by atoms with E-state index >= 15 is 0 Å². The number of hydrogen-bond acceptors (Lipinski definition) is 6. The van der Waals surface area contributed by atoms with Crippen molar-refractivity contribution in [2.45, 2.75) is 24.3 Å². The molecule has 0 aliphatic rings. The molecule has 0 saturated heterocycles. The van der Waals surface area contributed by atoms with Crippen LogP contribution in [-0.4, -0.2) is 21.9 Å². The van der Waals surface area contributed by atoms with E-state index in [0.29, 0.717) is 10.8 Å². The summed E-state index contributed by atoms with van der Waals surface area (Å²) in [5.74, 6) is 0.293. The molecule has 0 fully saturated rings. The van der Waals surface area contributed by atoms with Crippen LogP contribution < -0.4 is 10.1 Å². The van der Waals surface area contributed by atoms with Crippen LogP contribution in [0.5, 0.6) is 5.75 Å². The smallest absolute Gasteiger partial charge is 0.277 e. The summed E-state index contributed by atoms with van der Waals surface area (Å²) in [6, 6.07) is 22.4. The standard InChI is InChI=1S/C25H21ClFN3O3S/c1-16(32-21-13-11-20(27)12-14-21)24-29-30-25(33-24)34-15-22(31)28-23(17-5-3-2-4-6-17)18-7-9-19(26)10-8-18/h2-14,16,23H,15H2,1H3,(H,28,31). The highest BCUT2D eigenvalue weighted by Gasteiger charge is 2.19. The van der Waals surface area contributed by atoms with Crippen molar-refractivity contribution in [3.63, 3.8) is 0 Å². The van der Waals surface area contributed by atoms with Crippen LogP contribution in [0.3, 0.4) is 0 Å². The third-order valence-corrected chi connectivity index (χ3v) is 5.94. The first-order chi connectivity index (χ1) is 16.5. The van der Waals surface area contributed by atoms with Gasteiger partial charge >= 0.3 is 0 Å². The second-order valence-electron chi connectivity index (χ2n) is 7.37. The lowest BCUT2D eigenvalue weighted by Crippen LogP contribution is -2.30. The summed E-state index contributed by atoms with van der Waals surface area (Å²) >= 11 is 7.15. The van der Waals surface area contributed by atoms with Gasteiger partial charge in [0.25, 0.3) is 11.1 Å². The number of nitrogens with one attached hydrogen (secondary N) is 1. The molecule has 174 valence electrons. The summed E-state index contributed by atoms with van der Waals surface area (Å²) in [5, 5.41) is 11.9. The fourth-order valence-electron chi connectivity index (χ4n) is 3.20. The minimum Gasteiger partial charge on any atom is -0.481 e. The van der Waals surface area contributed by atoms with Gasteiger partial charge in [-0.25, -0.2) is 4.39 Å². The highest BCUT2D eigenvalue weighted by atomic mass is 35.5. The van der Waals surface area contributed by atoms with Crippen LogP contribution in [0.2, 0.25) is 5.02 Å². The quantitative estimate of drug-likeness (QED) is 0.286. The van der Waals surface area contributed by atoms with Crippen LogP contribution >= 0.6 is 23.4 Å². The second-order valence-corrected chi connectivity index (χ2v) is 8.73. The molecule has 2 atom stereocenters. The Bertz CT molecular complexity index is 1220. The fourth-order valence-corrected chi connectivity index (χ4v) is 3.91. The maximum Gasteiger partial charge on any atom is 0.277 e. The van der Waals surface area contributed by atoms with Crippen molar-refractivity contribution in [1.29, 1.82) is 0 Å². The summed E-state index contributed by atoms with van der Waals surface area (Å²) in [4.78, 5) is 12.7. The molecule has 9 heteroatoms. The Hall–Kier alpha value is -3.36. The maximum absolute atomic E-state index is 13.1. The minimum atomic E-state index is -0.534. The number of amides is 1. The Morgan fingerprint density at radius 2 is 1.71 bits per heavy atom. The van der Waals surface area contributed by atoms with E-state index < -0.39 is 6.10 Å². The predicted octanol–water partition coefficient (Wildman–Crippen LogP) is 6.00. The molecule has 0 aliphatic carbocycles. The number of rotatable bonds is 9. The number of nitrogens with zero attached hydrogens (tertiary/aromatic N) is 2. The van der Waals surface area contributed by atoms with Crippen molar-refractivity contribution >= 4 is 29.3 Å². The molecule has 0 saturated carbocycles. The van der Waals surface area contributed by atoms with Gasteiger partial charge in [-0.2, -0.15) is 0 Å². The molecule has 1 aromatic heterocycles. The zero-order valence-electron chi connectivity index (χ0n) is 18.2. The van der Waals surface area contributed by atoms with E-state index in [9.17, 15) is 9.18 Å². The number of halogens is 2. The van der Waals surface area contributed by atoms with Crippen LogP contribution in [0.1, 0.15) is 36.1 Å². The summed E-state index contributed by atoms with van der Waals surface area (Å²) < 4.78 is 24.4. The molecular formula is C25H21ClFN3O3S. The molecule has 2 unspecified atom stereocenters. The van der Waals surface area contributed by atoms with Crippen molar-refractivity contribution in [3.8, 4) is 5.75 Å². The highest BCUT2D eigenvalue weighted by molar-refractivity contribution is 7.99. The average Bonchev–Trinajstić information content (AvgIpc) is 3.33. The Balaban J connectivity index is 1.36. The molecule has 1 N–H and O–H groups in total. The lowest BCUT2D eigenvalue weighted by molar-refractivity contribution is -0.119. The first-order valence-electron chi connectivity index (χ1n) is 10.5. The predicted molar refractivity (Wildman–Crippen MR) is 128 cm³/mol. The van der Waals surface area contributed by atoms with Crippen molar-refractivity contribution in [2.75, 3.05) is 5.75 Å². The lowest BCUT2D eigenvalue weighted by Gasteiger charge is -2.19. The normalized spacial score (nSPS) is 12.7. The molecule has 3 aromatic carbocycles. The maximum atomic E-state index is 13.1. The van der Waals surface area contributed by atoms with Crippen molar-refractivity contribution in [2.24, 2.45) is 0 Å². The number of ether oxygens (including phenoxy) is 1. The SMILES string of the molecule is CC(Oc1ccc(F)cc1)c1nnc(SCC(=O)NC(c2ccccc2)c2ccc(Cl)cc2)o1. The molecular weight excluding hydrogens is 477 g/mol. The van der Waals surface area contributed by atoms with E-state index in [-0.39, 0.29) is 34.6 Å². The molecule has 6 nitrogen and oxygen atoms in total. The molecule has 0 bridgehead atoms. The Morgan fingerprint density at radius 1 is 1.03 bits per heavy atom. The summed E-state index contributed by atoms with van der Waals surface area (Å²) in [6.45, 7) is 1.74. The molecule has 0 spiro atoms. The number of thioether (sulfide) groups is 1. The summed E-state index contributed by atoms with van der Waals surface area (Å²) in [7, 11) is 0. The lowest BCUT2D eigenvalue weighted by atomic mass is 9.99. The van der Waals surface area contributed by atoms with Gasteiger partial charge in [0.2, 0.25) is 5.91 Å². The first kappa shape index (κ1) is 23.8. The van der Waals surface area contributed by atoms with Gasteiger partial charge in [-0.1, -0.05) is 65.8 Å². The summed E-state index contributed by atoms with van der Waals surface area (Å²) in [5.41, 5.74) is 1.87. The molecule has 1 amide bonds. The van der Waals surface area contributed by atoms with E-state index in [1.165, 1.54) is 24.3 Å². The zero-order valence-corrected chi connectivity index (χ0v) is 19.7. The molecule has 0 aliphatic heterocycles. The van der Waals surface area contributed by atoms with E-state index in [0.717, 1.165) is 22.9 Å². The highest BCUT2D eigenvalue weighted by Crippen LogP contribution is 2.26. The monoisotopic (exact) mass is 497 g/mol. The van der Waals surface area contributed by atoms with Crippen LogP contribution in [0.25, 0.3) is 0 Å². The third kappa shape index (κ3) is 6.36.